The Hall–Kier alpha value is -4.09. The van der Waals surface area contributed by atoms with Gasteiger partial charge in [0.15, 0.2) is 17.1 Å². The van der Waals surface area contributed by atoms with Crippen LogP contribution in [0.1, 0.15) is 24.1 Å². The largest absolute Gasteiger partial charge is 0.504 e. The Labute approximate surface area is 178 Å². The van der Waals surface area contributed by atoms with Crippen molar-refractivity contribution < 1.29 is 27.9 Å². The summed E-state index contributed by atoms with van der Waals surface area (Å²) in [6, 6.07) is 6.21. The lowest BCUT2D eigenvalue weighted by Crippen LogP contribution is -2.12. The predicted molar refractivity (Wildman–Crippen MR) is 109 cm³/mol. The monoisotopic (exact) mass is 447 g/mol. The normalized spacial score (nSPS) is 12.8. The summed E-state index contributed by atoms with van der Waals surface area (Å²) < 4.78 is 46.4. The Morgan fingerprint density at radius 1 is 1.25 bits per heavy atom. The van der Waals surface area contributed by atoms with Crippen molar-refractivity contribution in [2.45, 2.75) is 19.1 Å². The highest BCUT2D eigenvalue weighted by Gasteiger charge is 2.33. The highest BCUT2D eigenvalue weighted by Crippen LogP contribution is 2.37. The van der Waals surface area contributed by atoms with Gasteiger partial charge < -0.3 is 15.2 Å². The third-order valence-corrected chi connectivity index (χ3v) is 4.96. The van der Waals surface area contributed by atoms with E-state index in [0.717, 1.165) is 12.1 Å². The number of benzene rings is 2. The highest BCUT2D eigenvalue weighted by atomic mass is 19.4. The van der Waals surface area contributed by atoms with Crippen molar-refractivity contribution in [2.24, 2.45) is 0 Å². The molecule has 4 rings (SSSR count). The zero-order valence-electron chi connectivity index (χ0n) is 16.7. The minimum Gasteiger partial charge on any atom is -0.504 e. The molecule has 9 nitrogen and oxygen atoms in total. The van der Waals surface area contributed by atoms with E-state index in [1.165, 1.54) is 23.9 Å². The molecule has 0 saturated heterocycles. The highest BCUT2D eigenvalue weighted by molar-refractivity contribution is 5.93. The van der Waals surface area contributed by atoms with Gasteiger partial charge in [-0.05, 0) is 24.6 Å². The number of non-ortho nitro benzene ring substituents is 1. The molecule has 0 aliphatic carbocycles. The fourth-order valence-electron chi connectivity index (χ4n) is 3.38. The zero-order valence-corrected chi connectivity index (χ0v) is 16.7. The number of phenols is 1. The number of ether oxygens (including phenoxy) is 1. The van der Waals surface area contributed by atoms with Gasteiger partial charge in [-0.3, -0.25) is 10.1 Å². The number of rotatable bonds is 5. The third kappa shape index (κ3) is 3.70. The second-order valence-corrected chi connectivity index (χ2v) is 7.04. The molecule has 0 spiro atoms. The first-order chi connectivity index (χ1) is 15.1. The molecule has 32 heavy (non-hydrogen) atoms. The van der Waals surface area contributed by atoms with E-state index in [-0.39, 0.29) is 22.9 Å². The number of nitro groups is 1. The van der Waals surface area contributed by atoms with Crippen LogP contribution in [0, 0.1) is 10.1 Å². The number of nitrogens with one attached hydrogen (secondary N) is 1. The molecule has 0 aliphatic rings. The molecule has 2 heterocycles. The standard InChI is InChI=1S/C20H16F3N5O4/c1-10(11-5-12(20(21,22)23)7-13(6-11)28(30)31)25-19-14-8-16(29)17(32-2)9-15(14)27-18(26-19)3-4-24-27/h3-10,29H,1-2H3,(H,25,26). The maximum Gasteiger partial charge on any atom is 0.416 e. The van der Waals surface area contributed by atoms with E-state index < -0.39 is 28.4 Å². The number of methoxy groups -OCH3 is 1. The molecule has 0 saturated carbocycles. The number of hydrogen-bond acceptors (Lipinski definition) is 7. The molecule has 2 N–H and O–H groups in total. The van der Waals surface area contributed by atoms with Crippen LogP contribution in [0.25, 0.3) is 16.6 Å². The summed E-state index contributed by atoms with van der Waals surface area (Å²) in [7, 11) is 1.39. The molecule has 1 unspecified atom stereocenters. The van der Waals surface area contributed by atoms with Gasteiger partial charge in [0.05, 0.1) is 35.4 Å². The Balaban J connectivity index is 1.83. The summed E-state index contributed by atoms with van der Waals surface area (Å²) in [4.78, 5) is 14.7. The fraction of sp³-hybridized carbons (Fsp3) is 0.200. The fourth-order valence-corrected chi connectivity index (χ4v) is 3.38. The summed E-state index contributed by atoms with van der Waals surface area (Å²) in [5.41, 5.74) is -0.779. The Bertz CT molecular complexity index is 1350. The number of anilines is 1. The van der Waals surface area contributed by atoms with Crippen molar-refractivity contribution in [3.63, 3.8) is 0 Å². The Kier molecular flexibility index (Phi) is 4.99. The minimum absolute atomic E-state index is 0.0487. The van der Waals surface area contributed by atoms with Crippen LogP contribution in [0.3, 0.4) is 0 Å². The first kappa shape index (κ1) is 21.2. The molecule has 4 aromatic rings. The van der Waals surface area contributed by atoms with Gasteiger partial charge in [-0.25, -0.2) is 9.50 Å². The SMILES string of the molecule is COc1cc2c(cc1O)c(NC(C)c1cc([N+](=O)[O-])cc(C(F)(F)F)c1)nc1ccnn12. The Morgan fingerprint density at radius 2 is 2.00 bits per heavy atom. The van der Waals surface area contributed by atoms with Crippen LogP contribution in [-0.2, 0) is 6.18 Å². The first-order valence-corrected chi connectivity index (χ1v) is 9.26. The number of aromatic nitrogens is 3. The van der Waals surface area contributed by atoms with Gasteiger partial charge in [0, 0.05) is 29.7 Å². The van der Waals surface area contributed by atoms with Gasteiger partial charge in [-0.2, -0.15) is 18.3 Å². The van der Waals surface area contributed by atoms with Gasteiger partial charge in [0.1, 0.15) is 5.82 Å². The lowest BCUT2D eigenvalue weighted by atomic mass is 10.0. The number of halogens is 3. The number of nitro benzene ring substituents is 1. The molecular weight excluding hydrogens is 431 g/mol. The lowest BCUT2D eigenvalue weighted by molar-refractivity contribution is -0.385. The van der Waals surface area contributed by atoms with Crippen LogP contribution in [-0.4, -0.2) is 31.7 Å². The number of aromatic hydroxyl groups is 1. The van der Waals surface area contributed by atoms with Crippen LogP contribution in [0.5, 0.6) is 11.5 Å². The molecule has 0 radical (unpaired) electrons. The molecule has 2 aromatic carbocycles. The van der Waals surface area contributed by atoms with Crippen molar-refractivity contribution in [2.75, 3.05) is 12.4 Å². The van der Waals surface area contributed by atoms with Crippen molar-refractivity contribution in [3.05, 3.63) is 63.8 Å². The summed E-state index contributed by atoms with van der Waals surface area (Å²) in [5, 5.41) is 29.0. The molecule has 0 amide bonds. The molecule has 166 valence electrons. The second-order valence-electron chi connectivity index (χ2n) is 7.04. The Morgan fingerprint density at radius 3 is 2.66 bits per heavy atom. The quantitative estimate of drug-likeness (QED) is 0.337. The average Bonchev–Trinajstić information content (AvgIpc) is 3.21. The number of nitrogens with zero attached hydrogens (tertiary/aromatic N) is 4. The third-order valence-electron chi connectivity index (χ3n) is 4.96. The van der Waals surface area contributed by atoms with Crippen LogP contribution in [0.15, 0.2) is 42.6 Å². The predicted octanol–water partition coefficient (Wildman–Crippen LogP) is 4.70. The van der Waals surface area contributed by atoms with Crippen molar-refractivity contribution in [1.29, 1.82) is 0 Å². The molecule has 0 aliphatic heterocycles. The van der Waals surface area contributed by atoms with Gasteiger partial charge in [-0.1, -0.05) is 0 Å². The van der Waals surface area contributed by atoms with E-state index in [1.54, 1.807) is 19.1 Å². The maximum atomic E-state index is 13.3. The van der Waals surface area contributed by atoms with E-state index in [2.05, 4.69) is 15.4 Å². The number of alkyl halides is 3. The molecule has 12 heteroatoms. The van der Waals surface area contributed by atoms with E-state index in [1.807, 2.05) is 0 Å². The first-order valence-electron chi connectivity index (χ1n) is 9.26. The van der Waals surface area contributed by atoms with E-state index in [0.29, 0.717) is 22.6 Å². The summed E-state index contributed by atoms with van der Waals surface area (Å²) in [6.07, 6.45) is -3.23. The number of phenolic OH excluding ortho intramolecular Hbond substituents is 1. The summed E-state index contributed by atoms with van der Waals surface area (Å²) in [6.45, 7) is 1.55. The summed E-state index contributed by atoms with van der Waals surface area (Å²) in [5.74, 6) is 0.283. The van der Waals surface area contributed by atoms with E-state index >= 15 is 0 Å². The van der Waals surface area contributed by atoms with Gasteiger partial charge in [-0.15, -0.1) is 0 Å². The van der Waals surface area contributed by atoms with Crippen molar-refractivity contribution >= 4 is 28.1 Å². The lowest BCUT2D eigenvalue weighted by Gasteiger charge is -2.19. The number of fused-ring (bicyclic) bond motifs is 3. The molecular formula is C20H16F3N5O4. The average molecular weight is 447 g/mol. The van der Waals surface area contributed by atoms with Crippen LogP contribution < -0.4 is 10.1 Å². The van der Waals surface area contributed by atoms with Crippen molar-refractivity contribution in [3.8, 4) is 11.5 Å². The maximum absolute atomic E-state index is 13.3. The van der Waals surface area contributed by atoms with E-state index in [4.69, 9.17) is 4.74 Å². The van der Waals surface area contributed by atoms with Gasteiger partial charge >= 0.3 is 6.18 Å². The summed E-state index contributed by atoms with van der Waals surface area (Å²) >= 11 is 0. The minimum atomic E-state index is -4.75. The smallest absolute Gasteiger partial charge is 0.416 e. The van der Waals surface area contributed by atoms with Gasteiger partial charge in [0.2, 0.25) is 0 Å². The van der Waals surface area contributed by atoms with Crippen LogP contribution in [0.4, 0.5) is 24.7 Å². The zero-order chi connectivity index (χ0) is 23.2. The van der Waals surface area contributed by atoms with Crippen LogP contribution >= 0.6 is 0 Å². The topological polar surface area (TPSA) is 115 Å². The van der Waals surface area contributed by atoms with Gasteiger partial charge in [0.25, 0.3) is 5.69 Å². The molecule has 2 aromatic heterocycles. The molecule has 1 atom stereocenters. The number of hydrogen-bond donors (Lipinski definition) is 2. The van der Waals surface area contributed by atoms with Crippen molar-refractivity contribution in [1.82, 2.24) is 14.6 Å². The van der Waals surface area contributed by atoms with Crippen LogP contribution in [0.2, 0.25) is 0 Å². The molecule has 0 bridgehead atoms. The van der Waals surface area contributed by atoms with E-state index in [9.17, 15) is 28.4 Å². The second kappa shape index (κ2) is 7.55. The molecule has 0 fully saturated rings.